The highest BCUT2D eigenvalue weighted by molar-refractivity contribution is 7.93. The Kier molecular flexibility index (Phi) is 6.05. The summed E-state index contributed by atoms with van der Waals surface area (Å²) in [7, 11) is -4.08. The van der Waals surface area contributed by atoms with Crippen molar-refractivity contribution in [2.45, 2.75) is 18.7 Å². The van der Waals surface area contributed by atoms with Gasteiger partial charge < -0.3 is 4.84 Å². The van der Waals surface area contributed by atoms with Crippen molar-refractivity contribution in [3.05, 3.63) is 77.6 Å². The Morgan fingerprint density at radius 2 is 1.79 bits per heavy atom. The third kappa shape index (κ3) is 4.67. The molecule has 0 saturated heterocycles. The van der Waals surface area contributed by atoms with Crippen LogP contribution in [0.3, 0.4) is 0 Å². The molecule has 0 radical (unpaired) electrons. The van der Waals surface area contributed by atoms with Gasteiger partial charge in [-0.1, -0.05) is 29.8 Å². The molecule has 9 heteroatoms. The number of para-hydroxylation sites is 1. The topological polar surface area (TPSA) is 88.6 Å². The molecule has 0 aliphatic rings. The van der Waals surface area contributed by atoms with Gasteiger partial charge in [-0.3, -0.25) is 9.78 Å². The molecule has 3 aromatic rings. The zero-order valence-corrected chi connectivity index (χ0v) is 17.2. The summed E-state index contributed by atoms with van der Waals surface area (Å²) in [6, 6.07) is 14.3. The number of nitrogens with zero attached hydrogens (tertiary/aromatic N) is 2. The Hall–Kier alpha value is -3.10. The molecule has 1 heterocycles. The van der Waals surface area contributed by atoms with Crippen molar-refractivity contribution >= 4 is 38.9 Å². The average Bonchev–Trinajstić information content (AvgIpc) is 2.68. The number of sulfonamides is 1. The highest BCUT2D eigenvalue weighted by Crippen LogP contribution is 2.35. The molecule has 0 aliphatic heterocycles. The number of amides is 1. The van der Waals surface area contributed by atoms with E-state index in [0.29, 0.717) is 11.4 Å². The van der Waals surface area contributed by atoms with E-state index in [9.17, 15) is 13.2 Å². The van der Waals surface area contributed by atoms with Gasteiger partial charge in [-0.15, -0.1) is 0 Å². The van der Waals surface area contributed by atoms with Gasteiger partial charge in [-0.05, 0) is 36.8 Å². The Morgan fingerprint density at radius 1 is 1.10 bits per heavy atom. The lowest BCUT2D eigenvalue weighted by atomic mass is 10.2. The summed E-state index contributed by atoms with van der Waals surface area (Å²) >= 11 is 6.11. The maximum Gasteiger partial charge on any atom is 0.268 e. The van der Waals surface area contributed by atoms with Gasteiger partial charge >= 0.3 is 0 Å². The molecule has 7 nitrogen and oxygen atoms in total. The zero-order valence-electron chi connectivity index (χ0n) is 15.7. The number of aryl methyl sites for hydroxylation is 1. The Morgan fingerprint density at radius 3 is 2.45 bits per heavy atom. The number of anilines is 2. The second-order valence-electron chi connectivity index (χ2n) is 6.14. The maximum absolute atomic E-state index is 13.6. The lowest BCUT2D eigenvalue weighted by Gasteiger charge is -2.26. The van der Waals surface area contributed by atoms with E-state index < -0.39 is 15.9 Å². The molecule has 0 unspecified atom stereocenters. The van der Waals surface area contributed by atoms with Crippen molar-refractivity contribution in [2.75, 3.05) is 4.31 Å². The van der Waals surface area contributed by atoms with Crippen molar-refractivity contribution in [3.8, 4) is 5.75 Å². The third-order valence-corrected chi connectivity index (χ3v) is 5.86. The van der Waals surface area contributed by atoms with Gasteiger partial charge in [0.1, 0.15) is 0 Å². The van der Waals surface area contributed by atoms with Crippen LogP contribution in [0.4, 0.5) is 11.4 Å². The molecule has 3 rings (SSSR count). The Labute approximate surface area is 173 Å². The van der Waals surface area contributed by atoms with E-state index in [0.717, 1.165) is 5.56 Å². The van der Waals surface area contributed by atoms with Crippen LogP contribution in [0.1, 0.15) is 12.5 Å². The minimum absolute atomic E-state index is 0.0886. The number of hydroxylamine groups is 1. The van der Waals surface area contributed by atoms with Crippen LogP contribution in [0, 0.1) is 6.92 Å². The number of hydrogen-bond acceptors (Lipinski definition) is 5. The predicted octanol–water partition coefficient (Wildman–Crippen LogP) is 4.00. The van der Waals surface area contributed by atoms with E-state index in [1.54, 1.807) is 24.3 Å². The number of pyridine rings is 1. The summed E-state index contributed by atoms with van der Waals surface area (Å²) in [5.41, 5.74) is 3.83. The Bertz CT molecular complexity index is 1140. The molecule has 1 aromatic heterocycles. The van der Waals surface area contributed by atoms with Crippen molar-refractivity contribution in [2.24, 2.45) is 0 Å². The van der Waals surface area contributed by atoms with Crippen LogP contribution in [0.5, 0.6) is 5.75 Å². The van der Waals surface area contributed by atoms with E-state index in [2.05, 4.69) is 10.5 Å². The van der Waals surface area contributed by atoms with Gasteiger partial charge in [0.15, 0.2) is 5.75 Å². The zero-order chi connectivity index (χ0) is 21.0. The molecule has 0 fully saturated rings. The molecule has 29 heavy (non-hydrogen) atoms. The number of carbonyl (C=O) groups is 1. The van der Waals surface area contributed by atoms with Gasteiger partial charge in [0.25, 0.3) is 10.0 Å². The summed E-state index contributed by atoms with van der Waals surface area (Å²) < 4.78 is 28.5. The van der Waals surface area contributed by atoms with Crippen LogP contribution in [-0.2, 0) is 14.8 Å². The van der Waals surface area contributed by atoms with Gasteiger partial charge in [0.05, 0.1) is 16.3 Å². The summed E-state index contributed by atoms with van der Waals surface area (Å²) in [5, 5.41) is 0.144. The van der Waals surface area contributed by atoms with Gasteiger partial charge in [0.2, 0.25) is 5.91 Å². The van der Waals surface area contributed by atoms with Crippen LogP contribution in [0.25, 0.3) is 0 Å². The smallest absolute Gasteiger partial charge is 0.268 e. The molecular weight excluding hydrogens is 414 g/mol. The first-order valence-corrected chi connectivity index (χ1v) is 10.4. The predicted molar refractivity (Wildman–Crippen MR) is 111 cm³/mol. The summed E-state index contributed by atoms with van der Waals surface area (Å²) in [4.78, 5) is 20.1. The van der Waals surface area contributed by atoms with E-state index in [4.69, 9.17) is 16.4 Å². The van der Waals surface area contributed by atoms with Gasteiger partial charge in [-0.25, -0.2) is 12.7 Å². The summed E-state index contributed by atoms with van der Waals surface area (Å²) in [6.07, 6.45) is 3.03. The Balaban J connectivity index is 2.15. The summed E-state index contributed by atoms with van der Waals surface area (Å²) in [6.45, 7) is 3.09. The SMILES string of the molecule is CC(=O)NOc1cc(Cl)cc(S(=O)(=O)N(c2ccncc2)c2ccccc2C)c1. The second kappa shape index (κ2) is 8.50. The number of halogens is 1. The number of hydrogen-bond donors (Lipinski definition) is 1. The molecule has 0 saturated carbocycles. The van der Waals surface area contributed by atoms with E-state index >= 15 is 0 Å². The van der Waals surface area contributed by atoms with Gasteiger partial charge in [0, 0.05) is 36.5 Å². The number of carbonyl (C=O) groups excluding carboxylic acids is 1. The number of benzene rings is 2. The molecule has 0 atom stereocenters. The molecular formula is C20H18ClN3O4S. The first kappa shape index (κ1) is 20.6. The van der Waals surface area contributed by atoms with Crippen LogP contribution in [0.15, 0.2) is 71.9 Å². The molecule has 1 N–H and O–H groups in total. The molecule has 1 amide bonds. The largest absolute Gasteiger partial charge is 0.379 e. The fourth-order valence-corrected chi connectivity index (χ4v) is 4.56. The van der Waals surface area contributed by atoms with Gasteiger partial charge in [-0.2, -0.15) is 5.48 Å². The maximum atomic E-state index is 13.6. The lowest BCUT2D eigenvalue weighted by molar-refractivity contribution is -0.125. The normalized spacial score (nSPS) is 11.0. The monoisotopic (exact) mass is 431 g/mol. The van der Waals surface area contributed by atoms with Crippen molar-refractivity contribution in [1.82, 2.24) is 10.5 Å². The fourth-order valence-electron chi connectivity index (χ4n) is 2.66. The molecule has 2 aromatic carbocycles. The number of nitrogens with one attached hydrogen (secondary N) is 1. The fraction of sp³-hybridized carbons (Fsp3) is 0.100. The first-order chi connectivity index (χ1) is 13.8. The van der Waals surface area contributed by atoms with Crippen LogP contribution in [0.2, 0.25) is 5.02 Å². The number of rotatable bonds is 6. The standard InChI is InChI=1S/C20H18ClN3O4S/c1-14-5-3-4-6-20(14)24(17-7-9-22-10-8-17)29(26,27)19-12-16(21)11-18(13-19)28-23-15(2)25/h3-13H,1-2H3,(H,23,25). The molecule has 0 bridgehead atoms. The highest BCUT2D eigenvalue weighted by atomic mass is 35.5. The lowest BCUT2D eigenvalue weighted by Crippen LogP contribution is -2.27. The minimum Gasteiger partial charge on any atom is -0.379 e. The van der Waals surface area contributed by atoms with E-state index in [1.807, 2.05) is 19.1 Å². The molecule has 0 aliphatic carbocycles. The van der Waals surface area contributed by atoms with E-state index in [1.165, 1.54) is 41.8 Å². The second-order valence-corrected chi connectivity index (χ2v) is 8.37. The molecule has 150 valence electrons. The van der Waals surface area contributed by atoms with Crippen molar-refractivity contribution in [1.29, 1.82) is 0 Å². The minimum atomic E-state index is -4.08. The third-order valence-electron chi connectivity index (χ3n) is 3.93. The highest BCUT2D eigenvalue weighted by Gasteiger charge is 2.28. The molecule has 0 spiro atoms. The van der Waals surface area contributed by atoms with Crippen LogP contribution < -0.4 is 14.6 Å². The quantitative estimate of drug-likeness (QED) is 0.596. The number of aromatic nitrogens is 1. The van der Waals surface area contributed by atoms with Crippen molar-refractivity contribution < 1.29 is 18.0 Å². The van der Waals surface area contributed by atoms with Crippen LogP contribution in [-0.4, -0.2) is 19.3 Å². The van der Waals surface area contributed by atoms with Crippen LogP contribution >= 0.6 is 11.6 Å². The summed E-state index contributed by atoms with van der Waals surface area (Å²) in [5.74, 6) is -0.349. The van der Waals surface area contributed by atoms with Crippen molar-refractivity contribution in [3.63, 3.8) is 0 Å². The van der Waals surface area contributed by atoms with E-state index in [-0.39, 0.29) is 15.7 Å². The average molecular weight is 432 g/mol. The first-order valence-electron chi connectivity index (χ1n) is 8.54.